The summed E-state index contributed by atoms with van der Waals surface area (Å²) >= 11 is 3.41. The van der Waals surface area contributed by atoms with Crippen LogP contribution in [-0.2, 0) is 15.0 Å². The van der Waals surface area contributed by atoms with Gasteiger partial charge in [0.25, 0.3) is 5.91 Å². The van der Waals surface area contributed by atoms with Crippen LogP contribution in [0, 0.1) is 0 Å². The van der Waals surface area contributed by atoms with Crippen molar-refractivity contribution in [1.82, 2.24) is 21.7 Å². The molecule has 2 amide bonds. The van der Waals surface area contributed by atoms with Crippen molar-refractivity contribution in [2.24, 2.45) is 0 Å². The third-order valence-corrected chi connectivity index (χ3v) is 5.83. The molecule has 1 aliphatic heterocycles. The second kappa shape index (κ2) is 7.42. The zero-order valence-electron chi connectivity index (χ0n) is 14.7. The minimum atomic E-state index is -0.526. The van der Waals surface area contributed by atoms with Crippen LogP contribution in [0.3, 0.4) is 0 Å². The quantitative estimate of drug-likeness (QED) is 0.562. The van der Waals surface area contributed by atoms with E-state index in [1.165, 1.54) is 0 Å². The molecule has 0 aromatic heterocycles. The van der Waals surface area contributed by atoms with Gasteiger partial charge in [0.1, 0.15) is 6.04 Å². The lowest BCUT2D eigenvalue weighted by Gasteiger charge is -2.17. The van der Waals surface area contributed by atoms with Crippen molar-refractivity contribution in [3.63, 3.8) is 0 Å². The number of nitrogens with one attached hydrogen (secondary N) is 4. The fraction of sp³-hybridized carbons (Fsp3) is 0.300. The summed E-state index contributed by atoms with van der Waals surface area (Å²) in [5, 5.41) is 0. The number of benzene rings is 2. The van der Waals surface area contributed by atoms with Crippen LogP contribution >= 0.6 is 15.9 Å². The molecule has 2 unspecified atom stereocenters. The predicted molar refractivity (Wildman–Crippen MR) is 105 cm³/mol. The molecule has 1 heterocycles. The Morgan fingerprint density at radius 2 is 1.67 bits per heavy atom. The highest BCUT2D eigenvalue weighted by atomic mass is 79.9. The average molecular weight is 429 g/mol. The maximum Gasteiger partial charge on any atom is 0.256 e. The van der Waals surface area contributed by atoms with E-state index in [2.05, 4.69) is 37.6 Å². The third kappa shape index (κ3) is 3.76. The number of hydrogen-bond donors (Lipinski definition) is 4. The molecule has 7 heteroatoms. The van der Waals surface area contributed by atoms with Gasteiger partial charge >= 0.3 is 0 Å². The fourth-order valence-corrected chi connectivity index (χ4v) is 3.76. The van der Waals surface area contributed by atoms with E-state index in [9.17, 15) is 9.59 Å². The van der Waals surface area contributed by atoms with Crippen LogP contribution in [-0.4, -0.2) is 17.9 Å². The van der Waals surface area contributed by atoms with Crippen LogP contribution in [0.2, 0.25) is 0 Å². The zero-order chi connectivity index (χ0) is 18.9. The molecule has 2 fully saturated rings. The first-order valence-corrected chi connectivity index (χ1v) is 9.80. The zero-order valence-corrected chi connectivity index (χ0v) is 16.3. The molecule has 6 nitrogen and oxygen atoms in total. The van der Waals surface area contributed by atoms with Gasteiger partial charge in [0, 0.05) is 10.5 Å². The van der Waals surface area contributed by atoms with Gasteiger partial charge in [-0.05, 0) is 42.5 Å². The lowest BCUT2D eigenvalue weighted by atomic mass is 9.95. The Kier molecular flexibility index (Phi) is 4.99. The molecule has 0 spiro atoms. The van der Waals surface area contributed by atoms with E-state index < -0.39 is 11.5 Å². The van der Waals surface area contributed by atoms with Crippen molar-refractivity contribution >= 4 is 27.7 Å². The van der Waals surface area contributed by atoms with Gasteiger partial charge < -0.3 is 0 Å². The van der Waals surface area contributed by atoms with Crippen molar-refractivity contribution in [2.75, 3.05) is 0 Å². The molecule has 2 aromatic rings. The predicted octanol–water partition coefficient (Wildman–Crippen LogP) is 2.24. The summed E-state index contributed by atoms with van der Waals surface area (Å²) in [7, 11) is 0. The Morgan fingerprint density at radius 3 is 2.33 bits per heavy atom. The number of amides is 2. The second-order valence-electron chi connectivity index (χ2n) is 7.07. The number of rotatable bonds is 4. The van der Waals surface area contributed by atoms with Crippen LogP contribution in [0.15, 0.2) is 59.1 Å². The van der Waals surface area contributed by atoms with E-state index >= 15 is 0 Å². The number of carbonyl (C=O) groups is 2. The first kappa shape index (κ1) is 18.2. The summed E-state index contributed by atoms with van der Waals surface area (Å²) in [6.45, 7) is 0. The van der Waals surface area contributed by atoms with Gasteiger partial charge in [0.05, 0.1) is 5.41 Å². The average Bonchev–Trinajstić information content (AvgIpc) is 3.36. The van der Waals surface area contributed by atoms with Crippen molar-refractivity contribution < 1.29 is 9.59 Å². The van der Waals surface area contributed by atoms with E-state index in [1.54, 1.807) is 0 Å². The standard InChI is InChI=1S/C20H21BrN4O2/c21-15-8-6-14(7-9-15)20(10-11-20)19(27)25-24-18(26)17-12-16(22-23-17)13-4-2-1-3-5-13/h1-9,16-17,22-23H,10-12H2,(H,24,26)(H,25,27). The Hall–Kier alpha value is -2.22. The first-order valence-electron chi connectivity index (χ1n) is 9.01. The van der Waals surface area contributed by atoms with E-state index in [1.807, 2.05) is 54.6 Å². The Balaban J connectivity index is 1.32. The molecule has 2 atom stereocenters. The number of halogens is 1. The minimum absolute atomic E-state index is 0.0650. The number of hydrazine groups is 2. The highest BCUT2D eigenvalue weighted by Crippen LogP contribution is 2.48. The van der Waals surface area contributed by atoms with E-state index in [0.717, 1.165) is 28.4 Å². The van der Waals surface area contributed by atoms with Crippen molar-refractivity contribution in [1.29, 1.82) is 0 Å². The van der Waals surface area contributed by atoms with Gasteiger partial charge in [0.2, 0.25) is 5.91 Å². The van der Waals surface area contributed by atoms with E-state index in [0.29, 0.717) is 6.42 Å². The number of hydrogen-bond acceptors (Lipinski definition) is 4. The summed E-state index contributed by atoms with van der Waals surface area (Å²) < 4.78 is 0.975. The van der Waals surface area contributed by atoms with Gasteiger partial charge in [-0.1, -0.05) is 58.4 Å². The molecule has 27 heavy (non-hydrogen) atoms. The highest BCUT2D eigenvalue weighted by Gasteiger charge is 2.51. The molecule has 140 valence electrons. The molecule has 0 bridgehead atoms. The van der Waals surface area contributed by atoms with Crippen LogP contribution in [0.1, 0.15) is 36.4 Å². The normalized spacial score (nSPS) is 22.9. The summed E-state index contributed by atoms with van der Waals surface area (Å²) in [6.07, 6.45) is 2.19. The Morgan fingerprint density at radius 1 is 0.963 bits per heavy atom. The topological polar surface area (TPSA) is 82.3 Å². The van der Waals surface area contributed by atoms with E-state index in [4.69, 9.17) is 0 Å². The summed E-state index contributed by atoms with van der Waals surface area (Å²) in [5.41, 5.74) is 12.9. The van der Waals surface area contributed by atoms with Gasteiger partial charge in [-0.3, -0.25) is 20.4 Å². The SMILES string of the molecule is O=C(NNC(=O)C1(c2ccc(Br)cc2)CC1)C1CC(c2ccccc2)NN1. The molecular formula is C20H21BrN4O2. The van der Waals surface area contributed by atoms with Crippen LogP contribution < -0.4 is 21.7 Å². The van der Waals surface area contributed by atoms with Crippen LogP contribution in [0.4, 0.5) is 0 Å². The molecule has 4 rings (SSSR count). The van der Waals surface area contributed by atoms with Gasteiger partial charge in [0.15, 0.2) is 0 Å². The monoisotopic (exact) mass is 428 g/mol. The molecule has 2 aliphatic rings. The molecule has 2 aromatic carbocycles. The smallest absolute Gasteiger partial charge is 0.256 e. The molecular weight excluding hydrogens is 408 g/mol. The highest BCUT2D eigenvalue weighted by molar-refractivity contribution is 9.10. The molecule has 1 aliphatic carbocycles. The van der Waals surface area contributed by atoms with Crippen molar-refractivity contribution in [3.8, 4) is 0 Å². The van der Waals surface area contributed by atoms with Crippen molar-refractivity contribution in [2.45, 2.75) is 36.8 Å². The summed E-state index contributed by atoms with van der Waals surface area (Å²) in [6, 6.07) is 17.4. The first-order chi connectivity index (χ1) is 13.1. The van der Waals surface area contributed by atoms with Crippen LogP contribution in [0.5, 0.6) is 0 Å². The molecule has 1 saturated carbocycles. The molecule has 1 saturated heterocycles. The summed E-state index contributed by atoms with van der Waals surface area (Å²) in [4.78, 5) is 25.1. The second-order valence-corrected chi connectivity index (χ2v) is 7.99. The lowest BCUT2D eigenvalue weighted by molar-refractivity contribution is -0.131. The van der Waals surface area contributed by atoms with Gasteiger partial charge in [-0.25, -0.2) is 10.9 Å². The molecule has 4 N–H and O–H groups in total. The minimum Gasteiger partial charge on any atom is -0.272 e. The van der Waals surface area contributed by atoms with Gasteiger partial charge in [-0.15, -0.1) is 0 Å². The largest absolute Gasteiger partial charge is 0.272 e. The third-order valence-electron chi connectivity index (χ3n) is 5.30. The van der Waals surface area contributed by atoms with E-state index in [-0.39, 0.29) is 17.9 Å². The van der Waals surface area contributed by atoms with Crippen LogP contribution in [0.25, 0.3) is 0 Å². The molecule has 0 radical (unpaired) electrons. The maximum atomic E-state index is 12.6. The van der Waals surface area contributed by atoms with Gasteiger partial charge in [-0.2, -0.15) is 0 Å². The Bertz CT molecular complexity index is 837. The number of carbonyl (C=O) groups excluding carboxylic acids is 2. The van der Waals surface area contributed by atoms with Crippen molar-refractivity contribution in [3.05, 3.63) is 70.2 Å². The lowest BCUT2D eigenvalue weighted by Crippen LogP contribution is -2.52. The fourth-order valence-electron chi connectivity index (χ4n) is 3.50. The summed E-state index contributed by atoms with van der Waals surface area (Å²) in [5.74, 6) is -0.412. The maximum absolute atomic E-state index is 12.6. The Labute approximate surface area is 166 Å².